The average molecular weight is 348 g/mol. The molecule has 0 radical (unpaired) electrons. The standard InChI is InChI=1S/C16H12BrClN2/c17-13-5-4-12(15(18)8-13)9-20-16-3-1-2-11-6-7-19-10-14(11)16/h1-8,10,20H,9H2. The van der Waals surface area contributed by atoms with Crippen LogP contribution in [0.5, 0.6) is 0 Å². The molecule has 2 aromatic carbocycles. The van der Waals surface area contributed by atoms with Crippen molar-refractivity contribution in [2.75, 3.05) is 5.32 Å². The monoisotopic (exact) mass is 346 g/mol. The number of hydrogen-bond donors (Lipinski definition) is 1. The Bertz CT molecular complexity index is 753. The summed E-state index contributed by atoms with van der Waals surface area (Å²) in [6.45, 7) is 0.681. The molecular weight excluding hydrogens is 336 g/mol. The van der Waals surface area contributed by atoms with Gasteiger partial charge in [0.15, 0.2) is 0 Å². The minimum atomic E-state index is 0.681. The quantitative estimate of drug-likeness (QED) is 0.699. The van der Waals surface area contributed by atoms with Crippen molar-refractivity contribution in [3.05, 3.63) is 69.9 Å². The van der Waals surface area contributed by atoms with Gasteiger partial charge < -0.3 is 5.32 Å². The van der Waals surface area contributed by atoms with E-state index in [0.717, 1.165) is 26.1 Å². The van der Waals surface area contributed by atoms with Crippen LogP contribution in [0.2, 0.25) is 5.02 Å². The van der Waals surface area contributed by atoms with Crippen LogP contribution in [-0.2, 0) is 6.54 Å². The fourth-order valence-corrected chi connectivity index (χ4v) is 2.86. The maximum atomic E-state index is 6.23. The van der Waals surface area contributed by atoms with Gasteiger partial charge in [0.2, 0.25) is 0 Å². The normalized spacial score (nSPS) is 10.7. The lowest BCUT2D eigenvalue weighted by atomic mass is 10.1. The molecule has 3 rings (SSSR count). The van der Waals surface area contributed by atoms with E-state index in [1.54, 1.807) is 6.20 Å². The van der Waals surface area contributed by atoms with E-state index in [1.165, 1.54) is 5.39 Å². The number of aromatic nitrogens is 1. The van der Waals surface area contributed by atoms with Crippen molar-refractivity contribution in [1.82, 2.24) is 4.98 Å². The summed E-state index contributed by atoms with van der Waals surface area (Å²) in [7, 11) is 0. The van der Waals surface area contributed by atoms with E-state index in [0.29, 0.717) is 6.54 Å². The van der Waals surface area contributed by atoms with Crippen molar-refractivity contribution >= 4 is 44.0 Å². The molecular formula is C16H12BrClN2. The third-order valence-electron chi connectivity index (χ3n) is 3.17. The lowest BCUT2D eigenvalue weighted by Gasteiger charge is -2.11. The van der Waals surface area contributed by atoms with Crippen molar-refractivity contribution in [2.24, 2.45) is 0 Å². The first-order valence-electron chi connectivity index (χ1n) is 6.24. The van der Waals surface area contributed by atoms with E-state index in [-0.39, 0.29) is 0 Å². The predicted octanol–water partition coefficient (Wildman–Crippen LogP) is 5.26. The third kappa shape index (κ3) is 2.79. The number of benzene rings is 2. The number of anilines is 1. The Morgan fingerprint density at radius 1 is 1.15 bits per heavy atom. The number of nitrogens with one attached hydrogen (secondary N) is 1. The van der Waals surface area contributed by atoms with E-state index in [9.17, 15) is 0 Å². The molecule has 1 aromatic heterocycles. The zero-order valence-electron chi connectivity index (χ0n) is 10.6. The van der Waals surface area contributed by atoms with Crippen molar-refractivity contribution in [1.29, 1.82) is 0 Å². The van der Waals surface area contributed by atoms with Gasteiger partial charge in [-0.1, -0.05) is 45.7 Å². The molecule has 0 unspecified atom stereocenters. The molecule has 3 aromatic rings. The second kappa shape index (κ2) is 5.81. The van der Waals surface area contributed by atoms with Crippen molar-refractivity contribution in [3.8, 4) is 0 Å². The molecule has 4 heteroatoms. The van der Waals surface area contributed by atoms with E-state index >= 15 is 0 Å². The minimum Gasteiger partial charge on any atom is -0.380 e. The van der Waals surface area contributed by atoms with Crippen LogP contribution in [-0.4, -0.2) is 4.98 Å². The van der Waals surface area contributed by atoms with Gasteiger partial charge in [0, 0.05) is 39.5 Å². The summed E-state index contributed by atoms with van der Waals surface area (Å²) >= 11 is 9.64. The largest absolute Gasteiger partial charge is 0.380 e. The molecule has 0 bridgehead atoms. The number of pyridine rings is 1. The predicted molar refractivity (Wildman–Crippen MR) is 88.2 cm³/mol. The molecule has 0 saturated carbocycles. The maximum Gasteiger partial charge on any atom is 0.0467 e. The molecule has 0 atom stereocenters. The van der Waals surface area contributed by atoms with E-state index in [4.69, 9.17) is 11.6 Å². The molecule has 0 aliphatic rings. The van der Waals surface area contributed by atoms with Crippen LogP contribution >= 0.6 is 27.5 Å². The highest BCUT2D eigenvalue weighted by molar-refractivity contribution is 9.10. The Morgan fingerprint density at radius 2 is 2.05 bits per heavy atom. The molecule has 100 valence electrons. The molecule has 0 aliphatic carbocycles. The summed E-state index contributed by atoms with van der Waals surface area (Å²) in [4.78, 5) is 4.19. The van der Waals surface area contributed by atoms with Crippen molar-refractivity contribution < 1.29 is 0 Å². The number of fused-ring (bicyclic) bond motifs is 1. The van der Waals surface area contributed by atoms with Crippen LogP contribution in [0.4, 0.5) is 5.69 Å². The molecule has 0 fully saturated rings. The highest BCUT2D eigenvalue weighted by Gasteiger charge is 2.03. The molecule has 0 saturated heterocycles. The second-order valence-corrected chi connectivity index (χ2v) is 5.81. The van der Waals surface area contributed by atoms with Crippen LogP contribution in [0.25, 0.3) is 10.8 Å². The summed E-state index contributed by atoms with van der Waals surface area (Å²) in [5, 5.41) is 6.47. The first-order valence-corrected chi connectivity index (χ1v) is 7.42. The van der Waals surface area contributed by atoms with E-state index in [1.807, 2.05) is 36.5 Å². The Balaban J connectivity index is 1.87. The molecule has 1 heterocycles. The van der Waals surface area contributed by atoms with Gasteiger partial charge in [-0.2, -0.15) is 0 Å². The third-order valence-corrected chi connectivity index (χ3v) is 4.01. The number of nitrogens with zero attached hydrogens (tertiary/aromatic N) is 1. The Kier molecular flexibility index (Phi) is 3.90. The van der Waals surface area contributed by atoms with Gasteiger partial charge in [0.1, 0.15) is 0 Å². The Hall–Kier alpha value is -1.58. The summed E-state index contributed by atoms with van der Waals surface area (Å²) in [6, 6.07) is 14.1. The van der Waals surface area contributed by atoms with Gasteiger partial charge in [-0.15, -0.1) is 0 Å². The second-order valence-electron chi connectivity index (χ2n) is 4.49. The average Bonchev–Trinajstić information content (AvgIpc) is 2.46. The van der Waals surface area contributed by atoms with Gasteiger partial charge >= 0.3 is 0 Å². The Morgan fingerprint density at radius 3 is 2.90 bits per heavy atom. The molecule has 2 nitrogen and oxygen atoms in total. The van der Waals surface area contributed by atoms with Crippen LogP contribution in [0, 0.1) is 0 Å². The molecule has 0 aliphatic heterocycles. The van der Waals surface area contributed by atoms with Crippen LogP contribution < -0.4 is 5.32 Å². The van der Waals surface area contributed by atoms with E-state index < -0.39 is 0 Å². The van der Waals surface area contributed by atoms with E-state index in [2.05, 4.69) is 38.4 Å². The van der Waals surface area contributed by atoms with Gasteiger partial charge in [-0.3, -0.25) is 4.98 Å². The van der Waals surface area contributed by atoms with Gasteiger partial charge in [-0.05, 0) is 35.2 Å². The van der Waals surface area contributed by atoms with Crippen LogP contribution in [0.1, 0.15) is 5.56 Å². The molecule has 0 amide bonds. The highest BCUT2D eigenvalue weighted by Crippen LogP contribution is 2.25. The lowest BCUT2D eigenvalue weighted by Crippen LogP contribution is -2.00. The van der Waals surface area contributed by atoms with Crippen LogP contribution in [0.3, 0.4) is 0 Å². The van der Waals surface area contributed by atoms with Gasteiger partial charge in [-0.25, -0.2) is 0 Å². The summed E-state index contributed by atoms with van der Waals surface area (Å²) < 4.78 is 0.987. The van der Waals surface area contributed by atoms with Gasteiger partial charge in [0.05, 0.1) is 0 Å². The van der Waals surface area contributed by atoms with Crippen molar-refractivity contribution in [3.63, 3.8) is 0 Å². The number of hydrogen-bond acceptors (Lipinski definition) is 2. The topological polar surface area (TPSA) is 24.9 Å². The fourth-order valence-electron chi connectivity index (χ4n) is 2.12. The maximum absolute atomic E-state index is 6.23. The highest BCUT2D eigenvalue weighted by atomic mass is 79.9. The first kappa shape index (κ1) is 13.4. The summed E-state index contributed by atoms with van der Waals surface area (Å²) in [5.74, 6) is 0. The Labute approximate surface area is 130 Å². The zero-order valence-corrected chi connectivity index (χ0v) is 12.9. The molecule has 20 heavy (non-hydrogen) atoms. The smallest absolute Gasteiger partial charge is 0.0467 e. The zero-order chi connectivity index (χ0) is 13.9. The number of halogens is 2. The fraction of sp³-hybridized carbons (Fsp3) is 0.0625. The van der Waals surface area contributed by atoms with Crippen LogP contribution in [0.15, 0.2) is 59.3 Å². The first-order chi connectivity index (χ1) is 9.74. The van der Waals surface area contributed by atoms with Crippen molar-refractivity contribution in [2.45, 2.75) is 6.54 Å². The SMILES string of the molecule is Clc1cc(Br)ccc1CNc1cccc2ccncc12. The summed E-state index contributed by atoms with van der Waals surface area (Å²) in [6.07, 6.45) is 3.68. The molecule has 0 spiro atoms. The number of rotatable bonds is 3. The van der Waals surface area contributed by atoms with Gasteiger partial charge in [0.25, 0.3) is 0 Å². The minimum absolute atomic E-state index is 0.681. The molecule has 1 N–H and O–H groups in total. The summed E-state index contributed by atoms with van der Waals surface area (Å²) in [5.41, 5.74) is 2.13. The lowest BCUT2D eigenvalue weighted by molar-refractivity contribution is 1.15.